The van der Waals surface area contributed by atoms with Crippen LogP contribution >= 0.6 is 11.3 Å². The molecule has 1 aliphatic rings. The van der Waals surface area contributed by atoms with Crippen molar-refractivity contribution in [1.29, 1.82) is 5.26 Å². The minimum Gasteiger partial charge on any atom is -0.496 e. The van der Waals surface area contributed by atoms with Gasteiger partial charge in [0.05, 0.1) is 32.4 Å². The van der Waals surface area contributed by atoms with E-state index in [1.807, 2.05) is 24.3 Å². The molecule has 0 atom stereocenters. The van der Waals surface area contributed by atoms with E-state index in [1.165, 1.54) is 11.3 Å². The average molecular weight is 458 g/mol. The van der Waals surface area contributed by atoms with Gasteiger partial charge < -0.3 is 24.4 Å². The van der Waals surface area contributed by atoms with Gasteiger partial charge in [0, 0.05) is 25.0 Å². The SMILES string of the molecule is COCCOCC(=O)N1CCc2c(sc(NC(=O)CCc3ccccc3OC)c2C#N)C1. The Labute approximate surface area is 191 Å². The summed E-state index contributed by atoms with van der Waals surface area (Å²) in [6, 6.07) is 9.82. The van der Waals surface area contributed by atoms with Gasteiger partial charge >= 0.3 is 0 Å². The van der Waals surface area contributed by atoms with E-state index in [4.69, 9.17) is 14.2 Å². The van der Waals surface area contributed by atoms with Crippen LogP contribution in [0.5, 0.6) is 5.75 Å². The first kappa shape index (κ1) is 23.7. The van der Waals surface area contributed by atoms with Gasteiger partial charge in [0.25, 0.3) is 0 Å². The van der Waals surface area contributed by atoms with Crippen LogP contribution in [0.2, 0.25) is 0 Å². The van der Waals surface area contributed by atoms with Crippen molar-refractivity contribution in [2.24, 2.45) is 0 Å². The Morgan fingerprint density at radius 2 is 2.06 bits per heavy atom. The monoisotopic (exact) mass is 457 g/mol. The predicted octanol–water partition coefficient (Wildman–Crippen LogP) is 2.75. The van der Waals surface area contributed by atoms with E-state index in [0.29, 0.717) is 49.7 Å². The van der Waals surface area contributed by atoms with Crippen molar-refractivity contribution in [1.82, 2.24) is 4.90 Å². The number of nitrogens with one attached hydrogen (secondary N) is 1. The molecule has 0 fully saturated rings. The van der Waals surface area contributed by atoms with Gasteiger partial charge in [0.2, 0.25) is 11.8 Å². The van der Waals surface area contributed by atoms with Crippen LogP contribution in [0.4, 0.5) is 5.00 Å². The Bertz CT molecular complexity index is 998. The van der Waals surface area contributed by atoms with Gasteiger partial charge in [-0.25, -0.2) is 0 Å². The third kappa shape index (κ3) is 5.85. The van der Waals surface area contributed by atoms with Crippen LogP contribution in [0.3, 0.4) is 0 Å². The fourth-order valence-corrected chi connectivity index (χ4v) is 4.79. The molecule has 3 rings (SSSR count). The highest BCUT2D eigenvalue weighted by Crippen LogP contribution is 2.36. The second kappa shape index (κ2) is 11.6. The van der Waals surface area contributed by atoms with Crippen molar-refractivity contribution >= 4 is 28.2 Å². The Morgan fingerprint density at radius 1 is 1.25 bits per heavy atom. The van der Waals surface area contributed by atoms with E-state index in [1.54, 1.807) is 19.1 Å². The number of benzene rings is 1. The molecule has 0 aliphatic carbocycles. The van der Waals surface area contributed by atoms with Gasteiger partial charge in [-0.1, -0.05) is 18.2 Å². The number of hydrogen-bond donors (Lipinski definition) is 1. The maximum Gasteiger partial charge on any atom is 0.248 e. The Kier molecular flexibility index (Phi) is 8.62. The number of aryl methyl sites for hydroxylation is 1. The van der Waals surface area contributed by atoms with Crippen molar-refractivity contribution in [3.8, 4) is 11.8 Å². The number of rotatable bonds is 10. The molecular formula is C23H27N3O5S. The quantitative estimate of drug-likeness (QED) is 0.551. The summed E-state index contributed by atoms with van der Waals surface area (Å²) in [5.41, 5.74) is 2.37. The number of nitriles is 1. The summed E-state index contributed by atoms with van der Waals surface area (Å²) in [5.74, 6) is 0.493. The van der Waals surface area contributed by atoms with Crippen LogP contribution in [0.25, 0.3) is 0 Å². The molecule has 0 radical (unpaired) electrons. The fourth-order valence-electron chi connectivity index (χ4n) is 3.56. The van der Waals surface area contributed by atoms with Crippen molar-refractivity contribution in [2.75, 3.05) is 45.9 Å². The second-order valence-electron chi connectivity index (χ2n) is 7.29. The molecule has 1 aromatic heterocycles. The van der Waals surface area contributed by atoms with Gasteiger partial charge in [-0.05, 0) is 30.0 Å². The number of carbonyl (C=O) groups is 2. The van der Waals surface area contributed by atoms with Gasteiger partial charge in [0.1, 0.15) is 23.4 Å². The van der Waals surface area contributed by atoms with Crippen LogP contribution in [0.15, 0.2) is 24.3 Å². The molecule has 1 aromatic carbocycles. The molecule has 1 aliphatic heterocycles. The van der Waals surface area contributed by atoms with E-state index in [0.717, 1.165) is 21.8 Å². The maximum absolute atomic E-state index is 12.6. The number of thiophene rings is 1. The first-order valence-corrected chi connectivity index (χ1v) is 11.2. The summed E-state index contributed by atoms with van der Waals surface area (Å²) in [6.07, 6.45) is 1.39. The lowest BCUT2D eigenvalue weighted by Gasteiger charge is -2.26. The summed E-state index contributed by atoms with van der Waals surface area (Å²) >= 11 is 1.36. The Hall–Kier alpha value is -2.93. The fraction of sp³-hybridized carbons (Fsp3) is 0.435. The molecule has 170 valence electrons. The predicted molar refractivity (Wildman–Crippen MR) is 121 cm³/mol. The van der Waals surface area contributed by atoms with E-state index >= 15 is 0 Å². The van der Waals surface area contributed by atoms with Crippen LogP contribution in [-0.2, 0) is 38.4 Å². The zero-order valence-corrected chi connectivity index (χ0v) is 19.1. The average Bonchev–Trinajstić information content (AvgIpc) is 3.16. The largest absolute Gasteiger partial charge is 0.496 e. The summed E-state index contributed by atoms with van der Waals surface area (Å²) < 4.78 is 15.6. The number of anilines is 1. The van der Waals surface area contributed by atoms with Crippen molar-refractivity contribution in [2.45, 2.75) is 25.8 Å². The third-order valence-electron chi connectivity index (χ3n) is 5.25. The van der Waals surface area contributed by atoms with Crippen LogP contribution in [0, 0.1) is 11.3 Å². The van der Waals surface area contributed by atoms with Crippen molar-refractivity contribution < 1.29 is 23.8 Å². The maximum atomic E-state index is 12.6. The molecule has 2 heterocycles. The smallest absolute Gasteiger partial charge is 0.248 e. The van der Waals surface area contributed by atoms with Crippen LogP contribution < -0.4 is 10.1 Å². The lowest BCUT2D eigenvalue weighted by Crippen LogP contribution is -2.38. The molecule has 9 heteroatoms. The molecule has 1 N–H and O–H groups in total. The zero-order valence-electron chi connectivity index (χ0n) is 18.3. The van der Waals surface area contributed by atoms with Gasteiger partial charge in [-0.15, -0.1) is 11.3 Å². The Morgan fingerprint density at radius 3 is 2.81 bits per heavy atom. The molecule has 0 saturated carbocycles. The highest BCUT2D eigenvalue weighted by atomic mass is 32.1. The summed E-state index contributed by atoms with van der Waals surface area (Å²) in [4.78, 5) is 27.6. The van der Waals surface area contributed by atoms with Gasteiger partial charge in [-0.2, -0.15) is 5.26 Å². The molecule has 2 aromatic rings. The number of para-hydroxylation sites is 1. The highest BCUT2D eigenvalue weighted by Gasteiger charge is 2.27. The standard InChI is InChI=1S/C23H27N3O5S/c1-29-11-12-31-15-22(28)26-10-9-17-18(13-24)23(32-20(17)14-26)25-21(27)8-7-16-5-3-4-6-19(16)30-2/h3-6H,7-12,14-15H2,1-2H3,(H,25,27). The second-order valence-corrected chi connectivity index (χ2v) is 8.40. The van der Waals surface area contributed by atoms with Crippen molar-refractivity contribution in [3.05, 3.63) is 45.8 Å². The third-order valence-corrected chi connectivity index (χ3v) is 6.38. The first-order chi connectivity index (χ1) is 15.6. The lowest BCUT2D eigenvalue weighted by atomic mass is 10.0. The summed E-state index contributed by atoms with van der Waals surface area (Å²) in [7, 11) is 3.18. The van der Waals surface area contributed by atoms with Gasteiger partial charge in [0.15, 0.2) is 0 Å². The van der Waals surface area contributed by atoms with Crippen LogP contribution in [0.1, 0.15) is 28.0 Å². The normalized spacial score (nSPS) is 12.7. The number of methoxy groups -OCH3 is 2. The highest BCUT2D eigenvalue weighted by molar-refractivity contribution is 7.16. The topological polar surface area (TPSA) is 101 Å². The lowest BCUT2D eigenvalue weighted by molar-refractivity contribution is -0.137. The van der Waals surface area contributed by atoms with Crippen molar-refractivity contribution in [3.63, 3.8) is 0 Å². The number of carbonyl (C=O) groups excluding carboxylic acids is 2. The molecular weight excluding hydrogens is 430 g/mol. The number of hydrogen-bond acceptors (Lipinski definition) is 7. The molecule has 32 heavy (non-hydrogen) atoms. The zero-order chi connectivity index (χ0) is 22.9. The Balaban J connectivity index is 1.61. The number of nitrogens with zero attached hydrogens (tertiary/aromatic N) is 2. The molecule has 0 bridgehead atoms. The molecule has 0 spiro atoms. The molecule has 8 nitrogen and oxygen atoms in total. The van der Waals surface area contributed by atoms with E-state index in [9.17, 15) is 14.9 Å². The van der Waals surface area contributed by atoms with E-state index in [2.05, 4.69) is 11.4 Å². The number of fused-ring (bicyclic) bond motifs is 1. The molecule has 0 saturated heterocycles. The number of ether oxygens (including phenoxy) is 3. The minimum atomic E-state index is -0.162. The summed E-state index contributed by atoms with van der Waals surface area (Å²) in [5, 5.41) is 13.1. The summed E-state index contributed by atoms with van der Waals surface area (Å²) in [6.45, 7) is 1.74. The van der Waals surface area contributed by atoms with E-state index in [-0.39, 0.29) is 24.8 Å². The van der Waals surface area contributed by atoms with Gasteiger partial charge in [-0.3, -0.25) is 9.59 Å². The van der Waals surface area contributed by atoms with E-state index < -0.39 is 0 Å². The number of amides is 2. The molecule has 0 unspecified atom stereocenters. The minimum absolute atomic E-state index is 0.00170. The first-order valence-electron chi connectivity index (χ1n) is 10.4. The van der Waals surface area contributed by atoms with Crippen LogP contribution in [-0.4, -0.2) is 57.3 Å². The molecule has 2 amide bonds.